The normalized spacial score (nSPS) is 10.2. The summed E-state index contributed by atoms with van der Waals surface area (Å²) in [6.45, 7) is 2.50. The Morgan fingerprint density at radius 1 is 1.11 bits per heavy atom. The third-order valence-corrected chi connectivity index (χ3v) is 2.91. The van der Waals surface area contributed by atoms with Crippen molar-refractivity contribution in [3.63, 3.8) is 0 Å². The summed E-state index contributed by atoms with van der Waals surface area (Å²) in [4.78, 5) is 0. The zero-order valence-corrected chi connectivity index (χ0v) is 11.2. The van der Waals surface area contributed by atoms with Crippen LogP contribution in [0.5, 0.6) is 11.5 Å². The fraction of sp³-hybridized carbons (Fsp3) is 0.200. The summed E-state index contributed by atoms with van der Waals surface area (Å²) in [7, 11) is 1.65. The quantitative estimate of drug-likeness (QED) is 0.821. The number of rotatable bonds is 4. The molecule has 0 atom stereocenters. The summed E-state index contributed by atoms with van der Waals surface area (Å²) >= 11 is 5.95. The molecule has 0 unspecified atom stereocenters. The number of methoxy groups -OCH3 is 1. The van der Waals surface area contributed by atoms with Gasteiger partial charge < -0.3 is 9.47 Å². The van der Waals surface area contributed by atoms with Crippen LogP contribution in [0, 0.1) is 6.92 Å². The lowest BCUT2D eigenvalue weighted by Gasteiger charge is -2.10. The van der Waals surface area contributed by atoms with Gasteiger partial charge in [-0.15, -0.1) is 0 Å². The molecule has 0 saturated carbocycles. The summed E-state index contributed by atoms with van der Waals surface area (Å²) in [5.74, 6) is 1.64. The second kappa shape index (κ2) is 5.78. The summed E-state index contributed by atoms with van der Waals surface area (Å²) in [6.07, 6.45) is 0. The van der Waals surface area contributed by atoms with Gasteiger partial charge in [0.25, 0.3) is 0 Å². The van der Waals surface area contributed by atoms with Gasteiger partial charge in [0.05, 0.1) is 7.11 Å². The maximum absolute atomic E-state index is 5.95. The van der Waals surface area contributed by atoms with E-state index in [0.29, 0.717) is 11.6 Å². The molecule has 3 heteroatoms. The molecule has 0 bridgehead atoms. The lowest BCUT2D eigenvalue weighted by molar-refractivity contribution is 0.303. The highest BCUT2D eigenvalue weighted by atomic mass is 35.5. The maximum Gasteiger partial charge on any atom is 0.124 e. The molecule has 0 aromatic heterocycles. The number of hydrogen-bond donors (Lipinski definition) is 0. The van der Waals surface area contributed by atoms with Crippen molar-refractivity contribution in [2.45, 2.75) is 13.5 Å². The van der Waals surface area contributed by atoms with Crippen LogP contribution in [0.1, 0.15) is 11.1 Å². The Balaban J connectivity index is 2.08. The topological polar surface area (TPSA) is 18.5 Å². The average Bonchev–Trinajstić information content (AvgIpc) is 2.40. The van der Waals surface area contributed by atoms with Crippen molar-refractivity contribution in [2.75, 3.05) is 7.11 Å². The molecule has 0 radical (unpaired) electrons. The number of benzene rings is 2. The molecule has 2 aromatic rings. The molecule has 0 saturated heterocycles. The summed E-state index contributed by atoms with van der Waals surface area (Å²) in [5, 5.41) is 0.682. The van der Waals surface area contributed by atoms with E-state index in [1.54, 1.807) is 7.11 Å². The van der Waals surface area contributed by atoms with E-state index in [2.05, 4.69) is 0 Å². The Kier molecular flexibility index (Phi) is 4.11. The summed E-state index contributed by atoms with van der Waals surface area (Å²) in [5.41, 5.74) is 2.14. The van der Waals surface area contributed by atoms with Gasteiger partial charge in [0.1, 0.15) is 18.1 Å². The van der Waals surface area contributed by atoms with E-state index >= 15 is 0 Å². The van der Waals surface area contributed by atoms with Crippen molar-refractivity contribution >= 4 is 11.6 Å². The second-order valence-corrected chi connectivity index (χ2v) is 4.49. The van der Waals surface area contributed by atoms with Crippen molar-refractivity contribution in [2.24, 2.45) is 0 Å². The van der Waals surface area contributed by atoms with Gasteiger partial charge in [-0.3, -0.25) is 0 Å². The Bertz CT molecular complexity index is 538. The van der Waals surface area contributed by atoms with Crippen LogP contribution in [-0.2, 0) is 6.61 Å². The fourth-order valence-electron chi connectivity index (χ4n) is 1.65. The zero-order chi connectivity index (χ0) is 13.0. The van der Waals surface area contributed by atoms with Crippen LogP contribution in [0.25, 0.3) is 0 Å². The standard InChI is InChI=1S/C15H15ClO2/c1-11-6-7-13(16)9-15(11)18-10-12-4-3-5-14(8-12)17-2/h3-9H,10H2,1-2H3. The molecule has 2 aromatic carbocycles. The molecule has 0 heterocycles. The smallest absolute Gasteiger partial charge is 0.124 e. The lowest BCUT2D eigenvalue weighted by Crippen LogP contribution is -1.97. The van der Waals surface area contributed by atoms with Gasteiger partial charge in [-0.25, -0.2) is 0 Å². The van der Waals surface area contributed by atoms with Crippen LogP contribution in [0.4, 0.5) is 0 Å². The summed E-state index contributed by atoms with van der Waals surface area (Å²) in [6, 6.07) is 13.5. The zero-order valence-electron chi connectivity index (χ0n) is 10.4. The minimum atomic E-state index is 0.498. The summed E-state index contributed by atoms with van der Waals surface area (Å²) < 4.78 is 10.9. The van der Waals surface area contributed by atoms with Crippen LogP contribution < -0.4 is 9.47 Å². The Hall–Kier alpha value is -1.67. The van der Waals surface area contributed by atoms with E-state index in [-0.39, 0.29) is 0 Å². The van der Waals surface area contributed by atoms with E-state index in [1.165, 1.54) is 0 Å². The molecule has 2 rings (SSSR count). The van der Waals surface area contributed by atoms with Crippen molar-refractivity contribution < 1.29 is 9.47 Å². The molecular weight excluding hydrogens is 248 g/mol. The van der Waals surface area contributed by atoms with Crippen LogP contribution in [0.2, 0.25) is 5.02 Å². The lowest BCUT2D eigenvalue weighted by atomic mass is 10.2. The van der Waals surface area contributed by atoms with E-state index in [4.69, 9.17) is 21.1 Å². The van der Waals surface area contributed by atoms with Gasteiger partial charge >= 0.3 is 0 Å². The van der Waals surface area contributed by atoms with Gasteiger partial charge in [-0.05, 0) is 42.3 Å². The van der Waals surface area contributed by atoms with Gasteiger partial charge in [-0.1, -0.05) is 29.8 Å². The first-order valence-electron chi connectivity index (χ1n) is 5.71. The first-order valence-corrected chi connectivity index (χ1v) is 6.09. The third kappa shape index (κ3) is 3.17. The number of ether oxygens (including phenoxy) is 2. The Labute approximate surface area is 112 Å². The van der Waals surface area contributed by atoms with E-state index < -0.39 is 0 Å². The van der Waals surface area contributed by atoms with E-state index in [1.807, 2.05) is 49.4 Å². The molecule has 18 heavy (non-hydrogen) atoms. The van der Waals surface area contributed by atoms with Gasteiger partial charge in [0.15, 0.2) is 0 Å². The highest BCUT2D eigenvalue weighted by Crippen LogP contribution is 2.24. The van der Waals surface area contributed by atoms with Crippen LogP contribution >= 0.6 is 11.6 Å². The Morgan fingerprint density at radius 2 is 1.94 bits per heavy atom. The Morgan fingerprint density at radius 3 is 2.72 bits per heavy atom. The maximum atomic E-state index is 5.95. The van der Waals surface area contributed by atoms with Crippen molar-refractivity contribution in [1.29, 1.82) is 0 Å². The molecule has 0 spiro atoms. The molecule has 0 aliphatic carbocycles. The molecule has 0 amide bonds. The highest BCUT2D eigenvalue weighted by Gasteiger charge is 2.02. The fourth-order valence-corrected chi connectivity index (χ4v) is 1.81. The molecule has 2 nitrogen and oxygen atoms in total. The van der Waals surface area contributed by atoms with E-state index in [0.717, 1.165) is 22.6 Å². The minimum Gasteiger partial charge on any atom is -0.497 e. The van der Waals surface area contributed by atoms with Gasteiger partial charge in [-0.2, -0.15) is 0 Å². The van der Waals surface area contributed by atoms with Crippen LogP contribution in [0.3, 0.4) is 0 Å². The SMILES string of the molecule is COc1cccc(COc2cc(Cl)ccc2C)c1. The third-order valence-electron chi connectivity index (χ3n) is 2.68. The molecule has 0 fully saturated rings. The minimum absolute atomic E-state index is 0.498. The van der Waals surface area contributed by atoms with Crippen molar-refractivity contribution in [1.82, 2.24) is 0 Å². The van der Waals surface area contributed by atoms with Crippen LogP contribution in [-0.4, -0.2) is 7.11 Å². The first kappa shape index (κ1) is 12.8. The van der Waals surface area contributed by atoms with Gasteiger partial charge in [0, 0.05) is 5.02 Å². The monoisotopic (exact) mass is 262 g/mol. The number of halogens is 1. The largest absolute Gasteiger partial charge is 0.497 e. The van der Waals surface area contributed by atoms with E-state index in [9.17, 15) is 0 Å². The van der Waals surface area contributed by atoms with Crippen molar-refractivity contribution in [3.8, 4) is 11.5 Å². The molecule has 0 aliphatic heterocycles. The average molecular weight is 263 g/mol. The predicted molar refractivity (Wildman–Crippen MR) is 73.5 cm³/mol. The molecule has 0 N–H and O–H groups in total. The molecule has 94 valence electrons. The number of hydrogen-bond acceptors (Lipinski definition) is 2. The van der Waals surface area contributed by atoms with Gasteiger partial charge in [0.2, 0.25) is 0 Å². The van der Waals surface area contributed by atoms with Crippen LogP contribution in [0.15, 0.2) is 42.5 Å². The molecular formula is C15H15ClO2. The highest BCUT2D eigenvalue weighted by molar-refractivity contribution is 6.30. The predicted octanol–water partition coefficient (Wildman–Crippen LogP) is 4.24. The van der Waals surface area contributed by atoms with Crippen molar-refractivity contribution in [3.05, 3.63) is 58.6 Å². The first-order chi connectivity index (χ1) is 8.69. The molecule has 0 aliphatic rings. The second-order valence-electron chi connectivity index (χ2n) is 4.05. The number of aryl methyl sites for hydroxylation is 1.